The van der Waals surface area contributed by atoms with E-state index in [2.05, 4.69) is 20.2 Å². The van der Waals surface area contributed by atoms with Crippen LogP contribution < -0.4 is 0 Å². The molecule has 27 heavy (non-hydrogen) atoms. The van der Waals surface area contributed by atoms with Gasteiger partial charge in [0, 0.05) is 11.6 Å². The number of hydrogen-bond donors (Lipinski definition) is 1. The van der Waals surface area contributed by atoms with Gasteiger partial charge in [-0.2, -0.15) is 13.2 Å². The van der Waals surface area contributed by atoms with Crippen LogP contribution in [-0.4, -0.2) is 29.7 Å². The average molecular weight is 377 g/mol. The molecule has 1 unspecified atom stereocenters. The molecule has 0 saturated carbocycles. The molecule has 4 heterocycles. The number of nitrogens with zero attached hydrogens (tertiary/aromatic N) is 5. The molecule has 0 aliphatic carbocycles. The fourth-order valence-corrected chi connectivity index (χ4v) is 2.86. The maximum Gasteiger partial charge on any atom is 0.417 e. The summed E-state index contributed by atoms with van der Waals surface area (Å²) in [6, 6.07) is 3.67. The second kappa shape index (κ2) is 6.02. The van der Waals surface area contributed by atoms with E-state index in [0.29, 0.717) is 11.3 Å². The van der Waals surface area contributed by atoms with Crippen molar-refractivity contribution in [2.24, 2.45) is 5.92 Å². The van der Waals surface area contributed by atoms with Gasteiger partial charge in [-0.25, -0.2) is 9.97 Å². The lowest BCUT2D eigenvalue weighted by atomic mass is 10.0. The minimum absolute atomic E-state index is 0.0373. The number of aliphatic hydroxyl groups is 1. The van der Waals surface area contributed by atoms with Gasteiger partial charge in [-0.15, -0.1) is 10.2 Å². The van der Waals surface area contributed by atoms with E-state index in [4.69, 9.17) is 4.42 Å². The largest absolute Gasteiger partial charge is 0.422 e. The fourth-order valence-electron chi connectivity index (χ4n) is 2.86. The van der Waals surface area contributed by atoms with Gasteiger partial charge in [0.2, 0.25) is 6.39 Å². The quantitative estimate of drug-likeness (QED) is 0.586. The Kier molecular flexibility index (Phi) is 3.88. The number of halogens is 3. The first-order chi connectivity index (χ1) is 12.8. The number of aromatic nitrogens is 5. The van der Waals surface area contributed by atoms with Crippen molar-refractivity contribution in [3.63, 3.8) is 0 Å². The Labute approximate surface area is 150 Å². The number of pyridine rings is 2. The van der Waals surface area contributed by atoms with Gasteiger partial charge >= 0.3 is 6.18 Å². The van der Waals surface area contributed by atoms with Crippen LogP contribution in [0.15, 0.2) is 35.2 Å². The molecule has 0 bridgehead atoms. The molecule has 140 valence electrons. The predicted molar refractivity (Wildman–Crippen MR) is 88.6 cm³/mol. The molecule has 0 aliphatic rings. The number of alkyl halides is 3. The van der Waals surface area contributed by atoms with E-state index in [1.54, 1.807) is 13.8 Å². The number of hydrogen-bond acceptors (Lipinski definition) is 6. The van der Waals surface area contributed by atoms with E-state index in [9.17, 15) is 18.3 Å². The summed E-state index contributed by atoms with van der Waals surface area (Å²) in [5.74, 6) is -0.159. The van der Waals surface area contributed by atoms with Crippen LogP contribution in [-0.2, 0) is 6.18 Å². The highest BCUT2D eigenvalue weighted by Crippen LogP contribution is 2.37. The van der Waals surface area contributed by atoms with Crippen molar-refractivity contribution in [1.82, 2.24) is 24.6 Å². The molecule has 0 saturated heterocycles. The lowest BCUT2D eigenvalue weighted by Crippen LogP contribution is -2.13. The maximum absolute atomic E-state index is 13.6. The molecule has 4 rings (SSSR count). The molecule has 4 aromatic heterocycles. The topological polar surface area (TPSA) is 89.3 Å². The Morgan fingerprint density at radius 2 is 1.96 bits per heavy atom. The van der Waals surface area contributed by atoms with Crippen molar-refractivity contribution in [2.45, 2.75) is 26.1 Å². The Morgan fingerprint density at radius 3 is 2.59 bits per heavy atom. The second-order valence-electron chi connectivity index (χ2n) is 6.45. The third-order valence-corrected chi connectivity index (χ3v) is 4.24. The van der Waals surface area contributed by atoms with Crippen LogP contribution in [0.3, 0.4) is 0 Å². The van der Waals surface area contributed by atoms with E-state index >= 15 is 0 Å². The Bertz CT molecular complexity index is 1120. The zero-order valence-electron chi connectivity index (χ0n) is 14.3. The highest BCUT2D eigenvalue weighted by atomic mass is 19.4. The molecular formula is C17H14F3N5O2. The molecule has 1 N–H and O–H groups in total. The van der Waals surface area contributed by atoms with E-state index in [0.717, 1.165) is 12.5 Å². The predicted octanol–water partition coefficient (Wildman–Crippen LogP) is 3.64. The summed E-state index contributed by atoms with van der Waals surface area (Å²) in [5.41, 5.74) is -0.199. The summed E-state index contributed by atoms with van der Waals surface area (Å²) in [6.45, 7) is 3.41. The molecular weight excluding hydrogens is 363 g/mol. The van der Waals surface area contributed by atoms with Gasteiger partial charge in [0.15, 0.2) is 0 Å². The number of fused-ring (bicyclic) bond motifs is 3. The minimum atomic E-state index is -4.60. The molecule has 0 spiro atoms. The van der Waals surface area contributed by atoms with E-state index in [1.165, 1.54) is 22.7 Å². The highest BCUT2D eigenvalue weighted by Gasteiger charge is 2.35. The number of rotatable bonds is 3. The first-order valence-electron chi connectivity index (χ1n) is 8.10. The summed E-state index contributed by atoms with van der Waals surface area (Å²) in [7, 11) is 0. The average Bonchev–Trinajstić information content (AvgIpc) is 3.28. The molecule has 1 atom stereocenters. The van der Waals surface area contributed by atoms with E-state index in [1.807, 2.05) is 0 Å². The summed E-state index contributed by atoms with van der Waals surface area (Å²) in [6.07, 6.45) is -3.13. The standard InChI is InChI=1S/C17H14F3N5O2/c1-8(2)14(26)11-5-10(17(18,19)20)9-3-4-13-22-12(16-24-21-7-27-16)6-25(13)15(9)23-11/h3-8,14,26H,1-2H3. The van der Waals surface area contributed by atoms with Gasteiger partial charge in [-0.3, -0.25) is 4.40 Å². The van der Waals surface area contributed by atoms with Crippen LogP contribution in [0.25, 0.3) is 28.3 Å². The molecule has 7 nitrogen and oxygen atoms in total. The summed E-state index contributed by atoms with van der Waals surface area (Å²) in [5, 5.41) is 17.5. The van der Waals surface area contributed by atoms with Gasteiger partial charge < -0.3 is 9.52 Å². The zero-order valence-corrected chi connectivity index (χ0v) is 14.3. The zero-order chi connectivity index (χ0) is 19.3. The molecule has 0 aliphatic heterocycles. The molecule has 0 fully saturated rings. The SMILES string of the molecule is CC(C)C(O)c1cc(C(F)(F)F)c2ccc3nc(-c4nnco4)cn3c2n1. The normalized spacial score (nSPS) is 13.7. The fraction of sp³-hybridized carbons (Fsp3) is 0.294. The van der Waals surface area contributed by atoms with Gasteiger partial charge in [0.25, 0.3) is 5.89 Å². The number of aliphatic hydroxyl groups excluding tert-OH is 1. The molecule has 0 radical (unpaired) electrons. The van der Waals surface area contributed by atoms with Gasteiger partial charge in [0.05, 0.1) is 17.4 Å². The van der Waals surface area contributed by atoms with Crippen molar-refractivity contribution < 1.29 is 22.7 Å². The summed E-state index contributed by atoms with van der Waals surface area (Å²) < 4.78 is 47.4. The summed E-state index contributed by atoms with van der Waals surface area (Å²) >= 11 is 0. The number of imidazole rings is 1. The molecule has 10 heteroatoms. The first-order valence-corrected chi connectivity index (χ1v) is 8.10. The van der Waals surface area contributed by atoms with E-state index < -0.39 is 17.8 Å². The van der Waals surface area contributed by atoms with Crippen LogP contribution >= 0.6 is 0 Å². The first kappa shape index (κ1) is 17.4. The van der Waals surface area contributed by atoms with Crippen LogP contribution in [0.4, 0.5) is 13.2 Å². The van der Waals surface area contributed by atoms with Gasteiger partial charge in [-0.1, -0.05) is 13.8 Å². The van der Waals surface area contributed by atoms with Crippen LogP contribution in [0.2, 0.25) is 0 Å². The van der Waals surface area contributed by atoms with Crippen molar-refractivity contribution in [1.29, 1.82) is 0 Å². The smallest absolute Gasteiger partial charge is 0.417 e. The van der Waals surface area contributed by atoms with Crippen LogP contribution in [0.1, 0.15) is 31.2 Å². The molecule has 0 amide bonds. The van der Waals surface area contributed by atoms with Crippen molar-refractivity contribution in [3.8, 4) is 11.6 Å². The Hall–Kier alpha value is -3.01. The molecule has 4 aromatic rings. The van der Waals surface area contributed by atoms with Gasteiger partial charge in [-0.05, 0) is 24.1 Å². The minimum Gasteiger partial charge on any atom is -0.422 e. The van der Waals surface area contributed by atoms with Gasteiger partial charge in [0.1, 0.15) is 17.0 Å². The van der Waals surface area contributed by atoms with Crippen LogP contribution in [0.5, 0.6) is 0 Å². The Balaban J connectivity index is 2.04. The Morgan fingerprint density at radius 1 is 1.19 bits per heavy atom. The lowest BCUT2D eigenvalue weighted by Gasteiger charge is -2.18. The third-order valence-electron chi connectivity index (χ3n) is 4.24. The van der Waals surface area contributed by atoms with E-state index in [-0.39, 0.29) is 28.5 Å². The maximum atomic E-state index is 13.6. The molecule has 0 aromatic carbocycles. The van der Waals surface area contributed by atoms with Crippen molar-refractivity contribution >= 4 is 16.7 Å². The second-order valence-corrected chi connectivity index (χ2v) is 6.45. The highest BCUT2D eigenvalue weighted by molar-refractivity contribution is 5.83. The van der Waals surface area contributed by atoms with Crippen molar-refractivity contribution in [3.05, 3.63) is 42.0 Å². The van der Waals surface area contributed by atoms with Crippen LogP contribution in [0, 0.1) is 5.92 Å². The summed E-state index contributed by atoms with van der Waals surface area (Å²) in [4.78, 5) is 8.59. The monoisotopic (exact) mass is 377 g/mol. The van der Waals surface area contributed by atoms with Crippen molar-refractivity contribution in [2.75, 3.05) is 0 Å². The lowest BCUT2D eigenvalue weighted by molar-refractivity contribution is -0.136. The third kappa shape index (κ3) is 2.91.